The first-order chi connectivity index (χ1) is 12.3. The van der Waals surface area contributed by atoms with E-state index in [0.717, 1.165) is 10.6 Å². The smallest absolute Gasteiger partial charge is 0.244 e. The zero-order valence-electron chi connectivity index (χ0n) is 16.1. The molecular formula is C18H26N6OS. The number of nitrogens with one attached hydrogen (secondary N) is 1. The van der Waals surface area contributed by atoms with Gasteiger partial charge in [0.05, 0.1) is 12.2 Å². The van der Waals surface area contributed by atoms with Gasteiger partial charge in [-0.25, -0.2) is 0 Å². The number of benzene rings is 1. The van der Waals surface area contributed by atoms with Crippen LogP contribution in [0.4, 0.5) is 17.6 Å². The Morgan fingerprint density at radius 2 is 1.77 bits per heavy atom. The van der Waals surface area contributed by atoms with Gasteiger partial charge in [-0.3, -0.25) is 4.79 Å². The lowest BCUT2D eigenvalue weighted by Crippen LogP contribution is -2.32. The Balaban J connectivity index is 2.16. The van der Waals surface area contributed by atoms with Crippen molar-refractivity contribution in [2.45, 2.75) is 24.7 Å². The molecule has 0 unspecified atom stereocenters. The van der Waals surface area contributed by atoms with Crippen LogP contribution in [-0.4, -0.2) is 54.8 Å². The van der Waals surface area contributed by atoms with Gasteiger partial charge < -0.3 is 15.1 Å². The van der Waals surface area contributed by atoms with Gasteiger partial charge >= 0.3 is 0 Å². The maximum absolute atomic E-state index is 12.5. The summed E-state index contributed by atoms with van der Waals surface area (Å²) in [6.45, 7) is 4.21. The maximum atomic E-state index is 12.5. The van der Waals surface area contributed by atoms with E-state index in [4.69, 9.17) is 0 Å². The molecule has 0 saturated heterocycles. The summed E-state index contributed by atoms with van der Waals surface area (Å²) in [4.78, 5) is 30.5. The van der Waals surface area contributed by atoms with Crippen molar-refractivity contribution < 1.29 is 4.79 Å². The Labute approximate surface area is 159 Å². The van der Waals surface area contributed by atoms with Crippen molar-refractivity contribution >= 4 is 35.3 Å². The van der Waals surface area contributed by atoms with Gasteiger partial charge in [0, 0.05) is 32.0 Å². The highest BCUT2D eigenvalue weighted by molar-refractivity contribution is 7.98. The van der Waals surface area contributed by atoms with Crippen LogP contribution in [0.1, 0.15) is 25.6 Å². The Bertz CT molecular complexity index is 739. The molecule has 8 heteroatoms. The van der Waals surface area contributed by atoms with Crippen molar-refractivity contribution in [2.75, 3.05) is 49.1 Å². The number of para-hydroxylation sites is 1. The van der Waals surface area contributed by atoms with Gasteiger partial charge in [-0.05, 0) is 18.4 Å². The quantitative estimate of drug-likeness (QED) is 0.747. The van der Waals surface area contributed by atoms with Gasteiger partial charge in [0.25, 0.3) is 0 Å². The molecule has 2 aromatic rings. The molecule has 1 heterocycles. The van der Waals surface area contributed by atoms with Gasteiger partial charge in [-0.1, -0.05) is 26.0 Å². The normalized spacial score (nSPS) is 10.7. The predicted molar refractivity (Wildman–Crippen MR) is 108 cm³/mol. The minimum absolute atomic E-state index is 0.119. The van der Waals surface area contributed by atoms with Crippen molar-refractivity contribution in [1.82, 2.24) is 15.0 Å². The first-order valence-electron chi connectivity index (χ1n) is 8.39. The third kappa shape index (κ3) is 5.08. The molecule has 0 aliphatic heterocycles. The summed E-state index contributed by atoms with van der Waals surface area (Å²) >= 11 is 1.60. The third-order valence-corrected chi connectivity index (χ3v) is 4.44. The number of thioether (sulfide) groups is 1. The van der Waals surface area contributed by atoms with E-state index in [2.05, 4.69) is 20.3 Å². The van der Waals surface area contributed by atoms with E-state index in [0.29, 0.717) is 17.7 Å². The molecule has 0 bridgehead atoms. The fourth-order valence-corrected chi connectivity index (χ4v) is 2.78. The fraction of sp³-hybridized carbons (Fsp3) is 0.444. The third-order valence-electron chi connectivity index (χ3n) is 3.65. The molecule has 0 fully saturated rings. The molecule has 2 rings (SSSR count). The summed E-state index contributed by atoms with van der Waals surface area (Å²) in [6, 6.07) is 7.74. The fourth-order valence-electron chi connectivity index (χ4n) is 2.22. The molecule has 0 aliphatic carbocycles. The monoisotopic (exact) mass is 374 g/mol. The van der Waals surface area contributed by atoms with Crippen LogP contribution in [0, 0.1) is 0 Å². The largest absolute Gasteiger partial charge is 0.347 e. The minimum Gasteiger partial charge on any atom is -0.347 e. The number of nitrogens with zero attached hydrogens (tertiary/aromatic N) is 5. The molecular weight excluding hydrogens is 348 g/mol. The molecule has 0 spiro atoms. The van der Waals surface area contributed by atoms with Crippen LogP contribution in [-0.2, 0) is 4.79 Å². The Hall–Kier alpha value is -2.35. The molecule has 26 heavy (non-hydrogen) atoms. The Morgan fingerprint density at radius 1 is 1.12 bits per heavy atom. The van der Waals surface area contributed by atoms with Gasteiger partial charge in [-0.2, -0.15) is 15.0 Å². The molecule has 0 radical (unpaired) electrons. The van der Waals surface area contributed by atoms with E-state index in [1.165, 1.54) is 0 Å². The number of likely N-dealkylation sites (N-methyl/N-ethyl adjacent to an activating group) is 1. The average Bonchev–Trinajstić information content (AvgIpc) is 2.61. The van der Waals surface area contributed by atoms with Crippen LogP contribution < -0.4 is 15.1 Å². The van der Waals surface area contributed by atoms with E-state index in [1.54, 1.807) is 23.7 Å². The Kier molecular flexibility index (Phi) is 6.79. The first kappa shape index (κ1) is 20.0. The summed E-state index contributed by atoms with van der Waals surface area (Å²) in [6.07, 6.45) is 1.98. The van der Waals surface area contributed by atoms with Crippen LogP contribution in [0.15, 0.2) is 29.2 Å². The van der Waals surface area contributed by atoms with Crippen molar-refractivity contribution in [3.63, 3.8) is 0 Å². The molecule has 0 atom stereocenters. The maximum Gasteiger partial charge on any atom is 0.244 e. The van der Waals surface area contributed by atoms with Crippen molar-refractivity contribution in [1.29, 1.82) is 0 Å². The van der Waals surface area contributed by atoms with E-state index >= 15 is 0 Å². The van der Waals surface area contributed by atoms with Crippen LogP contribution in [0.25, 0.3) is 0 Å². The van der Waals surface area contributed by atoms with E-state index in [9.17, 15) is 4.79 Å². The molecule has 0 aliphatic rings. The summed E-state index contributed by atoms with van der Waals surface area (Å²) < 4.78 is 0. The van der Waals surface area contributed by atoms with Crippen LogP contribution in [0.3, 0.4) is 0 Å². The number of amides is 1. The molecule has 0 saturated carbocycles. The zero-order chi connectivity index (χ0) is 19.3. The summed E-state index contributed by atoms with van der Waals surface area (Å²) in [7, 11) is 5.57. The molecule has 7 nitrogen and oxygen atoms in total. The number of hydrogen-bond acceptors (Lipinski definition) is 7. The van der Waals surface area contributed by atoms with Gasteiger partial charge in [0.15, 0.2) is 0 Å². The van der Waals surface area contributed by atoms with Crippen LogP contribution >= 0.6 is 11.8 Å². The first-order valence-corrected chi connectivity index (χ1v) is 9.61. The lowest BCUT2D eigenvalue weighted by Gasteiger charge is -2.20. The number of carbonyl (C=O) groups is 1. The molecule has 1 aromatic heterocycles. The van der Waals surface area contributed by atoms with E-state index in [-0.39, 0.29) is 18.4 Å². The molecule has 1 amide bonds. The average molecular weight is 375 g/mol. The highest BCUT2D eigenvalue weighted by Crippen LogP contribution is 2.24. The number of hydrogen-bond donors (Lipinski definition) is 1. The highest BCUT2D eigenvalue weighted by Gasteiger charge is 2.16. The minimum atomic E-state index is -0.119. The lowest BCUT2D eigenvalue weighted by molar-refractivity contribution is -0.114. The van der Waals surface area contributed by atoms with E-state index in [1.807, 2.05) is 63.4 Å². The molecule has 1 aromatic carbocycles. The predicted octanol–water partition coefficient (Wildman–Crippen LogP) is 2.86. The van der Waals surface area contributed by atoms with Crippen molar-refractivity contribution in [3.05, 3.63) is 30.1 Å². The SMILES string of the molecule is CSc1ccccc1NC(=O)CN(C)c1nc(C(C)C)nc(N(C)C)n1. The number of rotatable bonds is 7. The lowest BCUT2D eigenvalue weighted by atomic mass is 10.2. The summed E-state index contributed by atoms with van der Waals surface area (Å²) in [5, 5.41) is 2.95. The second kappa shape index (κ2) is 8.84. The van der Waals surface area contributed by atoms with Crippen LogP contribution in [0.5, 0.6) is 0 Å². The summed E-state index contributed by atoms with van der Waals surface area (Å²) in [5.41, 5.74) is 0.811. The van der Waals surface area contributed by atoms with Gasteiger partial charge in [0.2, 0.25) is 17.8 Å². The molecule has 1 N–H and O–H groups in total. The zero-order valence-corrected chi connectivity index (χ0v) is 17.0. The van der Waals surface area contributed by atoms with Crippen LogP contribution in [0.2, 0.25) is 0 Å². The van der Waals surface area contributed by atoms with Crippen molar-refractivity contribution in [3.8, 4) is 0 Å². The number of aromatic nitrogens is 3. The van der Waals surface area contributed by atoms with Crippen molar-refractivity contribution in [2.24, 2.45) is 0 Å². The molecule has 140 valence electrons. The van der Waals surface area contributed by atoms with E-state index < -0.39 is 0 Å². The Morgan fingerprint density at radius 3 is 2.38 bits per heavy atom. The van der Waals surface area contributed by atoms with Gasteiger partial charge in [0.1, 0.15) is 5.82 Å². The topological polar surface area (TPSA) is 74.2 Å². The number of carbonyl (C=O) groups excluding carboxylic acids is 1. The highest BCUT2D eigenvalue weighted by atomic mass is 32.2. The second-order valence-electron chi connectivity index (χ2n) is 6.45. The van der Waals surface area contributed by atoms with Gasteiger partial charge in [-0.15, -0.1) is 11.8 Å². The second-order valence-corrected chi connectivity index (χ2v) is 7.30. The standard InChI is InChI=1S/C18H26N6OS/c1-12(2)16-20-17(23(3)4)22-18(21-16)24(5)11-15(25)19-13-9-7-8-10-14(13)26-6/h7-10,12H,11H2,1-6H3,(H,19,25). The summed E-state index contributed by atoms with van der Waals surface area (Å²) in [5.74, 6) is 1.83. The number of anilines is 3.